The number of rotatable bonds is 6. The van der Waals surface area contributed by atoms with E-state index in [9.17, 15) is 4.79 Å². The van der Waals surface area contributed by atoms with Crippen LogP contribution in [-0.4, -0.2) is 15.8 Å². The van der Waals surface area contributed by atoms with Crippen molar-refractivity contribution in [3.8, 4) is 11.6 Å². The molecule has 2 heterocycles. The lowest BCUT2D eigenvalue weighted by molar-refractivity contribution is 0.0953. The molecule has 1 aliphatic carbocycles. The van der Waals surface area contributed by atoms with E-state index in [0.29, 0.717) is 28.9 Å². The normalized spacial score (nSPS) is 16.1. The number of hydrogen-bond acceptors (Lipinski definition) is 4. The number of benzene rings is 1. The van der Waals surface area contributed by atoms with Gasteiger partial charge in [-0.05, 0) is 73.9 Å². The molecule has 1 aliphatic rings. The van der Waals surface area contributed by atoms with Crippen LogP contribution < -0.4 is 4.74 Å². The van der Waals surface area contributed by atoms with Gasteiger partial charge in [0.15, 0.2) is 5.78 Å². The number of aromatic nitrogens is 2. The average molecular weight is 433 g/mol. The quantitative estimate of drug-likeness (QED) is 0.308. The van der Waals surface area contributed by atoms with Crippen LogP contribution in [0.15, 0.2) is 66.5 Å². The van der Waals surface area contributed by atoms with Gasteiger partial charge < -0.3 is 4.74 Å². The largest absolute Gasteiger partial charge is 0.439 e. The van der Waals surface area contributed by atoms with E-state index in [1.165, 1.54) is 5.57 Å². The zero-order chi connectivity index (χ0) is 21.6. The van der Waals surface area contributed by atoms with Crippen LogP contribution in [-0.2, 0) is 0 Å². The monoisotopic (exact) mass is 432 g/mol. The van der Waals surface area contributed by atoms with Crippen LogP contribution in [0.3, 0.4) is 0 Å². The number of carbonyl (C=O) groups is 1. The number of hydrogen-bond donors (Lipinski definition) is 0. The molecule has 158 valence electrons. The minimum atomic E-state index is 0.149. The van der Waals surface area contributed by atoms with Crippen molar-refractivity contribution < 1.29 is 9.53 Å². The standard InChI is InChI=1S/C26H25ClN2O2/c1-18-5-12-26(29-16-18)31-23-4-2-3-21(14-23)13-19-6-8-20(9-7-19)15-24(30)22-10-11-25(27)28-17-22/h2-5,10-14,16-17,20H,6-9,15H2,1H3. The zero-order valence-corrected chi connectivity index (χ0v) is 18.3. The van der Waals surface area contributed by atoms with E-state index < -0.39 is 0 Å². The summed E-state index contributed by atoms with van der Waals surface area (Å²) < 4.78 is 5.88. The van der Waals surface area contributed by atoms with Crippen LogP contribution in [0.2, 0.25) is 5.15 Å². The average Bonchev–Trinajstić information content (AvgIpc) is 2.77. The van der Waals surface area contributed by atoms with Gasteiger partial charge in [-0.25, -0.2) is 9.97 Å². The van der Waals surface area contributed by atoms with Crippen molar-refractivity contribution >= 4 is 23.5 Å². The summed E-state index contributed by atoms with van der Waals surface area (Å²) in [6, 6.07) is 15.4. The van der Waals surface area contributed by atoms with Crippen LogP contribution in [0.5, 0.6) is 11.6 Å². The van der Waals surface area contributed by atoms with Crippen molar-refractivity contribution in [3.05, 3.63) is 88.3 Å². The van der Waals surface area contributed by atoms with Crippen LogP contribution in [0.1, 0.15) is 53.6 Å². The Labute approximate surface area is 188 Å². The Kier molecular flexibility index (Phi) is 6.78. The molecule has 4 rings (SSSR count). The lowest BCUT2D eigenvalue weighted by Crippen LogP contribution is -2.13. The summed E-state index contributed by atoms with van der Waals surface area (Å²) in [6.45, 7) is 2.00. The molecular weight excluding hydrogens is 408 g/mol. The Hall–Kier alpha value is -2.98. The number of ether oxygens (including phenoxy) is 1. The molecule has 0 radical (unpaired) electrons. The number of halogens is 1. The first kappa shape index (κ1) is 21.3. The summed E-state index contributed by atoms with van der Waals surface area (Å²) >= 11 is 5.81. The van der Waals surface area contributed by atoms with Gasteiger partial charge in [0.05, 0.1) is 0 Å². The first-order valence-electron chi connectivity index (χ1n) is 10.6. The van der Waals surface area contributed by atoms with Gasteiger partial charge in [0.2, 0.25) is 5.88 Å². The van der Waals surface area contributed by atoms with Crippen LogP contribution >= 0.6 is 11.6 Å². The van der Waals surface area contributed by atoms with Gasteiger partial charge in [-0.15, -0.1) is 0 Å². The number of Topliss-reactive ketones (excluding diaryl/α,β-unsaturated/α-hetero) is 1. The molecule has 1 aromatic carbocycles. The molecule has 1 saturated carbocycles. The van der Waals surface area contributed by atoms with Crippen molar-refractivity contribution in [3.63, 3.8) is 0 Å². The molecule has 2 aromatic heterocycles. The summed E-state index contributed by atoms with van der Waals surface area (Å²) in [5, 5.41) is 0.411. The summed E-state index contributed by atoms with van der Waals surface area (Å²) in [5.41, 5.74) is 4.29. The minimum absolute atomic E-state index is 0.149. The maximum atomic E-state index is 12.5. The summed E-state index contributed by atoms with van der Waals surface area (Å²) in [6.07, 6.45) is 10.3. The molecule has 0 atom stereocenters. The van der Waals surface area contributed by atoms with Crippen molar-refractivity contribution in [2.45, 2.75) is 39.0 Å². The highest BCUT2D eigenvalue weighted by atomic mass is 35.5. The van der Waals surface area contributed by atoms with E-state index in [0.717, 1.165) is 42.6 Å². The molecule has 0 saturated heterocycles. The fourth-order valence-electron chi connectivity index (χ4n) is 3.86. The van der Waals surface area contributed by atoms with Gasteiger partial charge >= 0.3 is 0 Å². The Morgan fingerprint density at radius 1 is 1.10 bits per heavy atom. The smallest absolute Gasteiger partial charge is 0.219 e. The lowest BCUT2D eigenvalue weighted by atomic mass is 9.82. The highest BCUT2D eigenvalue weighted by Gasteiger charge is 2.20. The number of carbonyl (C=O) groups excluding carboxylic acids is 1. The summed E-state index contributed by atoms with van der Waals surface area (Å²) in [4.78, 5) is 20.8. The first-order valence-corrected chi connectivity index (χ1v) is 11.0. The molecule has 0 spiro atoms. The molecule has 31 heavy (non-hydrogen) atoms. The molecule has 0 aliphatic heterocycles. The van der Waals surface area contributed by atoms with E-state index in [2.05, 4.69) is 22.1 Å². The van der Waals surface area contributed by atoms with Crippen LogP contribution in [0, 0.1) is 12.8 Å². The molecule has 4 nitrogen and oxygen atoms in total. The first-order chi connectivity index (χ1) is 15.0. The number of allylic oxidation sites excluding steroid dienone is 1. The molecular formula is C26H25ClN2O2. The van der Waals surface area contributed by atoms with E-state index in [4.69, 9.17) is 16.3 Å². The summed E-state index contributed by atoms with van der Waals surface area (Å²) in [7, 11) is 0. The fraction of sp³-hybridized carbons (Fsp3) is 0.269. The van der Waals surface area contributed by atoms with Gasteiger partial charge in [0, 0.05) is 30.4 Å². The third-order valence-electron chi connectivity index (χ3n) is 5.61. The fourth-order valence-corrected chi connectivity index (χ4v) is 3.97. The van der Waals surface area contributed by atoms with Crippen molar-refractivity contribution in [2.75, 3.05) is 0 Å². The predicted octanol–water partition coefficient (Wildman–Crippen LogP) is 7.08. The van der Waals surface area contributed by atoms with Gasteiger partial charge in [-0.1, -0.05) is 41.4 Å². The highest BCUT2D eigenvalue weighted by molar-refractivity contribution is 6.29. The van der Waals surface area contributed by atoms with Crippen LogP contribution in [0.4, 0.5) is 0 Å². The van der Waals surface area contributed by atoms with Crippen molar-refractivity contribution in [1.82, 2.24) is 9.97 Å². The molecule has 0 unspecified atom stereocenters. The van der Waals surface area contributed by atoms with Gasteiger partial charge in [-0.2, -0.15) is 0 Å². The second-order valence-corrected chi connectivity index (χ2v) is 8.48. The van der Waals surface area contributed by atoms with E-state index >= 15 is 0 Å². The molecule has 0 bridgehead atoms. The second kappa shape index (κ2) is 9.88. The zero-order valence-electron chi connectivity index (χ0n) is 17.6. The lowest BCUT2D eigenvalue weighted by Gasteiger charge is -2.23. The Morgan fingerprint density at radius 3 is 2.65 bits per heavy atom. The maximum Gasteiger partial charge on any atom is 0.219 e. The van der Waals surface area contributed by atoms with E-state index in [1.807, 2.05) is 37.3 Å². The van der Waals surface area contributed by atoms with Gasteiger partial charge in [-0.3, -0.25) is 4.79 Å². The van der Waals surface area contributed by atoms with Gasteiger partial charge in [0.1, 0.15) is 10.9 Å². The number of aryl methyl sites for hydroxylation is 1. The molecule has 3 aromatic rings. The van der Waals surface area contributed by atoms with E-state index in [1.54, 1.807) is 24.5 Å². The molecule has 0 N–H and O–H groups in total. The molecule has 5 heteroatoms. The summed E-state index contributed by atoms with van der Waals surface area (Å²) in [5.74, 6) is 1.94. The molecule has 0 amide bonds. The molecule has 1 fully saturated rings. The second-order valence-electron chi connectivity index (χ2n) is 8.09. The Bertz CT molecular complexity index is 1070. The third-order valence-corrected chi connectivity index (χ3v) is 5.83. The minimum Gasteiger partial charge on any atom is -0.439 e. The Balaban J connectivity index is 1.33. The SMILES string of the molecule is Cc1ccc(Oc2cccc(C=C3CCC(CC(=O)c4ccc(Cl)nc4)CC3)c2)nc1. The van der Waals surface area contributed by atoms with Crippen molar-refractivity contribution in [1.29, 1.82) is 0 Å². The maximum absolute atomic E-state index is 12.5. The highest BCUT2D eigenvalue weighted by Crippen LogP contribution is 2.33. The van der Waals surface area contributed by atoms with Crippen molar-refractivity contribution in [2.24, 2.45) is 5.92 Å². The number of pyridine rings is 2. The Morgan fingerprint density at radius 2 is 1.94 bits per heavy atom. The van der Waals surface area contributed by atoms with Gasteiger partial charge in [0.25, 0.3) is 0 Å². The predicted molar refractivity (Wildman–Crippen MR) is 124 cm³/mol. The number of nitrogens with zero attached hydrogens (tertiary/aromatic N) is 2. The van der Waals surface area contributed by atoms with Crippen LogP contribution in [0.25, 0.3) is 6.08 Å². The topological polar surface area (TPSA) is 52.1 Å². The number of ketones is 1. The van der Waals surface area contributed by atoms with E-state index in [-0.39, 0.29) is 5.78 Å². The third kappa shape index (κ3) is 6.02.